The van der Waals surface area contributed by atoms with Crippen LogP contribution in [0.15, 0.2) is 40.8 Å². The molecule has 2 atom stereocenters. The van der Waals surface area contributed by atoms with Crippen molar-refractivity contribution in [2.75, 3.05) is 6.61 Å². The van der Waals surface area contributed by atoms with Gasteiger partial charge in [-0.15, -0.1) is 0 Å². The summed E-state index contributed by atoms with van der Waals surface area (Å²) < 4.78 is 28.1. The maximum atomic E-state index is 13.9. The van der Waals surface area contributed by atoms with Crippen LogP contribution in [0.2, 0.25) is 0 Å². The predicted molar refractivity (Wildman–Crippen MR) is 162 cm³/mol. The minimum absolute atomic E-state index is 0.0330. The molecular formula is C30H39N3O6S2. The van der Waals surface area contributed by atoms with E-state index in [1.165, 1.54) is 36.1 Å². The number of nitrogens with zero attached hydrogens (tertiary/aromatic N) is 1. The lowest BCUT2D eigenvalue weighted by Crippen LogP contribution is -2.46. The summed E-state index contributed by atoms with van der Waals surface area (Å²) in [6, 6.07) is 10.8. The van der Waals surface area contributed by atoms with Gasteiger partial charge in [-0.05, 0) is 71.0 Å². The van der Waals surface area contributed by atoms with E-state index in [2.05, 4.69) is 58.0 Å². The summed E-state index contributed by atoms with van der Waals surface area (Å²) in [6.07, 6.45) is 0.551. The second-order valence-corrected chi connectivity index (χ2v) is 14.9. The van der Waals surface area contributed by atoms with Crippen molar-refractivity contribution in [3.05, 3.63) is 68.6 Å². The highest BCUT2D eigenvalue weighted by Crippen LogP contribution is 2.42. The normalized spacial score (nSPS) is 18.7. The molecule has 0 radical (unpaired) electrons. The Morgan fingerprint density at radius 2 is 1.76 bits per heavy atom. The number of aliphatic hydroxyl groups is 1. The van der Waals surface area contributed by atoms with Crippen LogP contribution in [0.4, 0.5) is 4.79 Å². The summed E-state index contributed by atoms with van der Waals surface area (Å²) in [5.74, 6) is -0.0928. The van der Waals surface area contributed by atoms with E-state index in [0.29, 0.717) is 13.2 Å². The van der Waals surface area contributed by atoms with Gasteiger partial charge < -0.3 is 19.8 Å². The van der Waals surface area contributed by atoms with Crippen molar-refractivity contribution in [3.63, 3.8) is 0 Å². The van der Waals surface area contributed by atoms with Crippen LogP contribution in [0.3, 0.4) is 0 Å². The molecule has 0 bridgehead atoms. The number of hydrogen-bond donors (Lipinski definition) is 4. The van der Waals surface area contributed by atoms with Gasteiger partial charge in [0.15, 0.2) is 9.92 Å². The van der Waals surface area contributed by atoms with E-state index in [9.17, 15) is 18.9 Å². The molecule has 0 saturated heterocycles. The summed E-state index contributed by atoms with van der Waals surface area (Å²) in [5, 5.41) is 19.0. The Morgan fingerprint density at radius 1 is 1.12 bits per heavy atom. The van der Waals surface area contributed by atoms with Gasteiger partial charge in [0.25, 0.3) is 0 Å². The first-order valence-corrected chi connectivity index (χ1v) is 16.1. The molecule has 2 aliphatic heterocycles. The highest BCUT2D eigenvalue weighted by molar-refractivity contribution is 8.19. The molecule has 0 saturated carbocycles. The molecule has 9 nitrogen and oxygen atoms in total. The Labute approximate surface area is 246 Å². The van der Waals surface area contributed by atoms with E-state index >= 15 is 0 Å². The molecule has 2 amide bonds. The largest absolute Gasteiger partial charge is 0.464 e. The Bertz CT molecular complexity index is 1460. The molecule has 2 heterocycles. The third-order valence-electron chi connectivity index (χ3n) is 7.34. The van der Waals surface area contributed by atoms with E-state index in [4.69, 9.17) is 14.6 Å². The van der Waals surface area contributed by atoms with Crippen LogP contribution in [-0.2, 0) is 38.9 Å². The molecule has 2 aromatic rings. The van der Waals surface area contributed by atoms with Gasteiger partial charge in [-0.25, -0.2) is 18.5 Å². The molecule has 2 aromatic carbocycles. The lowest BCUT2D eigenvalue weighted by molar-refractivity contribution is -0.131. The van der Waals surface area contributed by atoms with E-state index in [1.54, 1.807) is 4.72 Å². The first kappa shape index (κ1) is 31.1. The number of ether oxygens (including phenoxy) is 1. The molecule has 0 fully saturated rings. The number of carbonyl (C=O) groups excluding carboxylic acids is 1. The summed E-state index contributed by atoms with van der Waals surface area (Å²) in [5.41, 5.74) is 6.30. The van der Waals surface area contributed by atoms with Gasteiger partial charge in [0, 0.05) is 6.20 Å². The number of amides is 2. The topological polar surface area (TPSA) is 140 Å². The van der Waals surface area contributed by atoms with Crippen LogP contribution in [0, 0.1) is 4.78 Å². The molecule has 41 heavy (non-hydrogen) atoms. The van der Waals surface area contributed by atoms with Gasteiger partial charge in [-0.2, -0.15) is 0 Å². The summed E-state index contributed by atoms with van der Waals surface area (Å²) in [4.78, 5) is 26.3. The molecule has 0 spiro atoms. The number of fused-ring (bicyclic) bond motifs is 1. The van der Waals surface area contributed by atoms with E-state index in [0.717, 1.165) is 46.0 Å². The second kappa shape index (κ2) is 11.8. The minimum Gasteiger partial charge on any atom is -0.464 e. The Balaban J connectivity index is 1.75. The Morgan fingerprint density at radius 3 is 2.32 bits per heavy atom. The zero-order chi connectivity index (χ0) is 30.3. The van der Waals surface area contributed by atoms with Crippen LogP contribution in [-0.4, -0.2) is 48.9 Å². The van der Waals surface area contributed by atoms with Gasteiger partial charge >= 0.3 is 6.09 Å². The molecule has 4 N–H and O–H groups in total. The Kier molecular flexibility index (Phi) is 8.94. The highest BCUT2D eigenvalue weighted by Gasteiger charge is 2.43. The zero-order valence-corrected chi connectivity index (χ0v) is 25.9. The monoisotopic (exact) mass is 601 g/mol. The number of rotatable bonds is 8. The lowest BCUT2D eigenvalue weighted by atomic mass is 9.83. The van der Waals surface area contributed by atoms with Gasteiger partial charge in [0.1, 0.15) is 9.61 Å². The fourth-order valence-corrected chi connectivity index (χ4v) is 7.81. The van der Waals surface area contributed by atoms with Gasteiger partial charge in [0.2, 0.25) is 5.91 Å². The molecule has 2 unspecified atom stereocenters. The maximum Gasteiger partial charge on any atom is 0.417 e. The third-order valence-corrected chi connectivity index (χ3v) is 10.8. The molecule has 0 aromatic heterocycles. The molecule has 2 aliphatic rings. The summed E-state index contributed by atoms with van der Waals surface area (Å²) >= 11 is 0.864. The predicted octanol–water partition coefficient (Wildman–Crippen LogP) is 5.92. The smallest absolute Gasteiger partial charge is 0.417 e. The van der Waals surface area contributed by atoms with Crippen molar-refractivity contribution < 1.29 is 28.7 Å². The van der Waals surface area contributed by atoms with Crippen molar-refractivity contribution in [3.8, 4) is 11.1 Å². The van der Waals surface area contributed by atoms with Gasteiger partial charge in [-0.3, -0.25) is 4.79 Å². The van der Waals surface area contributed by atoms with Crippen molar-refractivity contribution in [2.45, 2.75) is 83.8 Å². The number of carbonyl (C=O) groups is 2. The quantitative estimate of drug-likeness (QED) is 0.295. The van der Waals surface area contributed by atoms with Gasteiger partial charge in [0.05, 0.1) is 25.2 Å². The Hall–Kier alpha value is -2.86. The lowest BCUT2D eigenvalue weighted by Gasteiger charge is -2.33. The maximum absolute atomic E-state index is 13.9. The van der Waals surface area contributed by atoms with Crippen LogP contribution < -0.4 is 4.72 Å². The number of carboxylic acid groups (broad SMARTS) is 1. The zero-order valence-electron chi connectivity index (χ0n) is 24.3. The average Bonchev–Trinajstić information content (AvgIpc) is 3.35. The fourth-order valence-electron chi connectivity index (χ4n) is 5.29. The van der Waals surface area contributed by atoms with Crippen LogP contribution in [0.1, 0.15) is 81.2 Å². The molecular weight excluding hydrogens is 562 g/mol. The van der Waals surface area contributed by atoms with E-state index in [1.807, 2.05) is 0 Å². The van der Waals surface area contributed by atoms with E-state index in [-0.39, 0.29) is 28.4 Å². The van der Waals surface area contributed by atoms with Crippen molar-refractivity contribution in [1.82, 2.24) is 9.62 Å². The number of nitrogens with one attached hydrogen (secondary N) is 2. The van der Waals surface area contributed by atoms with Crippen molar-refractivity contribution >= 4 is 33.7 Å². The molecule has 4 rings (SSSR count). The fraction of sp³-hybridized carbons (Fsp3) is 0.467. The van der Waals surface area contributed by atoms with Crippen molar-refractivity contribution in [1.29, 1.82) is 4.78 Å². The molecule has 0 aliphatic carbocycles. The molecule has 11 heteroatoms. The van der Waals surface area contributed by atoms with E-state index < -0.39 is 27.0 Å². The van der Waals surface area contributed by atoms with Crippen LogP contribution >= 0.6 is 11.8 Å². The van der Waals surface area contributed by atoms with Crippen LogP contribution in [0.25, 0.3) is 11.1 Å². The number of benzene rings is 2. The number of hydrogen-bond acceptors (Lipinski definition) is 7. The highest BCUT2D eigenvalue weighted by atomic mass is 32.3. The number of thioether (sulfide) groups is 1. The summed E-state index contributed by atoms with van der Waals surface area (Å²) in [6.45, 7) is 12.8. The van der Waals surface area contributed by atoms with Crippen LogP contribution in [0.5, 0.6) is 0 Å². The minimum atomic E-state index is -3.92. The molecule has 222 valence electrons. The average molecular weight is 602 g/mol. The summed E-state index contributed by atoms with van der Waals surface area (Å²) in [7, 11) is -3.92. The SMILES string of the molecule is CC(C)c1cc(-c2ccc3c(c2)CCOC3)cc(C(C)C)c1CC(=O)N1C=C(S(=N)(=O)NC(=O)O)SC1C(C)(C)O. The second-order valence-electron chi connectivity index (χ2n) is 11.7. The first-order chi connectivity index (χ1) is 19.1. The van der Waals surface area contributed by atoms with Gasteiger partial charge in [-0.1, -0.05) is 69.8 Å². The standard InChI is InChI=1S/C30H39N3O6S2/c1-17(2)23-12-22(19-7-8-21-16-39-10-9-20(21)11-19)13-24(18(3)4)25(23)14-26(34)33-15-27(40-28(33)30(5,6)37)41(31,38)32-29(35)36/h7-8,11-13,15,17-18,28,37H,9-10,14,16H2,1-6H3,(H,35,36)(H2,31,32,38). The first-order valence-electron chi connectivity index (χ1n) is 13.7. The third kappa shape index (κ3) is 6.80. The van der Waals surface area contributed by atoms with Crippen molar-refractivity contribution in [2.24, 2.45) is 0 Å².